The zero-order valence-electron chi connectivity index (χ0n) is 12.2. The Morgan fingerprint density at radius 3 is 2.32 bits per heavy atom. The van der Waals surface area contributed by atoms with Gasteiger partial charge in [0.15, 0.2) is 0 Å². The third-order valence-corrected chi connectivity index (χ3v) is 3.30. The van der Waals surface area contributed by atoms with Crippen LogP contribution in [0.25, 0.3) is 0 Å². The number of carbonyl (C=O) groups is 1. The van der Waals surface area contributed by atoms with Crippen LogP contribution in [0.1, 0.15) is 31.9 Å². The molecule has 1 aromatic carbocycles. The molecule has 0 radical (unpaired) electrons. The summed E-state index contributed by atoms with van der Waals surface area (Å²) in [6.45, 7) is 5.48. The number of hydrogen-bond acceptors (Lipinski definition) is 3. The van der Waals surface area contributed by atoms with Gasteiger partial charge in [-0.3, -0.25) is 4.79 Å². The summed E-state index contributed by atoms with van der Waals surface area (Å²) in [5.41, 5.74) is 1.19. The lowest BCUT2D eigenvalue weighted by Crippen LogP contribution is -2.26. The van der Waals surface area contributed by atoms with Gasteiger partial charge in [0.05, 0.1) is 19.6 Å². The molecule has 0 amide bonds. The van der Waals surface area contributed by atoms with Gasteiger partial charge in [0.2, 0.25) is 0 Å². The molecule has 4 nitrogen and oxygen atoms in total. The number of carboxylic acids is 1. The summed E-state index contributed by atoms with van der Waals surface area (Å²) < 4.78 is 10.6. The van der Waals surface area contributed by atoms with E-state index in [1.165, 1.54) is 0 Å². The van der Waals surface area contributed by atoms with Gasteiger partial charge in [-0.2, -0.15) is 0 Å². The second-order valence-corrected chi connectivity index (χ2v) is 5.19. The zero-order chi connectivity index (χ0) is 14.6. The number of rotatable bonds is 6. The molecule has 19 heavy (non-hydrogen) atoms. The minimum absolute atomic E-state index is 0.444. The van der Waals surface area contributed by atoms with Crippen LogP contribution in [0.3, 0.4) is 0 Å². The van der Waals surface area contributed by atoms with E-state index in [1.54, 1.807) is 28.1 Å². The zero-order valence-corrected chi connectivity index (χ0v) is 12.2. The molecule has 0 saturated carbocycles. The molecule has 1 rings (SSSR count). The van der Waals surface area contributed by atoms with E-state index in [9.17, 15) is 9.90 Å². The van der Waals surface area contributed by atoms with E-state index in [0.29, 0.717) is 12.2 Å². The molecule has 0 atom stereocenters. The molecule has 0 aliphatic carbocycles. The number of hydrogen-bond donors (Lipinski definition) is 1. The second kappa shape index (κ2) is 5.95. The van der Waals surface area contributed by atoms with Crippen LogP contribution in [-0.2, 0) is 17.6 Å². The van der Waals surface area contributed by atoms with Crippen molar-refractivity contribution < 1.29 is 19.4 Å². The Kier molecular flexibility index (Phi) is 4.81. The second-order valence-electron chi connectivity index (χ2n) is 5.19. The smallest absolute Gasteiger partial charge is 0.309 e. The van der Waals surface area contributed by atoms with Crippen LogP contribution in [0.2, 0.25) is 0 Å². The summed E-state index contributed by atoms with van der Waals surface area (Å²) in [5.74, 6) is 0.625. The Morgan fingerprint density at radius 1 is 1.26 bits per heavy atom. The fourth-order valence-electron chi connectivity index (χ4n) is 2.09. The SMILES string of the molecule is CCc1c(CC(C)(C)C(=O)O)cc(OC)cc1OC. The molecule has 1 N–H and O–H groups in total. The van der Waals surface area contributed by atoms with E-state index >= 15 is 0 Å². The van der Waals surface area contributed by atoms with Crippen LogP contribution in [-0.4, -0.2) is 25.3 Å². The Labute approximate surface area is 114 Å². The lowest BCUT2D eigenvalue weighted by Gasteiger charge is -2.22. The van der Waals surface area contributed by atoms with Crippen molar-refractivity contribution in [1.29, 1.82) is 0 Å². The maximum absolute atomic E-state index is 11.3. The van der Waals surface area contributed by atoms with E-state index in [-0.39, 0.29) is 0 Å². The highest BCUT2D eigenvalue weighted by Crippen LogP contribution is 2.33. The van der Waals surface area contributed by atoms with Gasteiger partial charge < -0.3 is 14.6 Å². The number of benzene rings is 1. The van der Waals surface area contributed by atoms with Crippen molar-refractivity contribution >= 4 is 5.97 Å². The number of methoxy groups -OCH3 is 2. The van der Waals surface area contributed by atoms with E-state index in [4.69, 9.17) is 9.47 Å². The standard InChI is InChI=1S/C15H22O4/c1-6-12-10(9-15(2,3)14(16)17)7-11(18-4)8-13(12)19-5/h7-8H,6,9H2,1-5H3,(H,16,17). The summed E-state index contributed by atoms with van der Waals surface area (Å²) in [6.07, 6.45) is 1.23. The van der Waals surface area contributed by atoms with Crippen LogP contribution in [0.15, 0.2) is 12.1 Å². The Hall–Kier alpha value is -1.71. The monoisotopic (exact) mass is 266 g/mol. The van der Waals surface area contributed by atoms with Crippen molar-refractivity contribution in [2.24, 2.45) is 5.41 Å². The number of aliphatic carboxylic acids is 1. The summed E-state index contributed by atoms with van der Waals surface area (Å²) in [7, 11) is 3.20. The maximum Gasteiger partial charge on any atom is 0.309 e. The minimum atomic E-state index is -0.818. The first-order chi connectivity index (χ1) is 8.85. The fourth-order valence-corrected chi connectivity index (χ4v) is 2.09. The predicted molar refractivity (Wildman–Crippen MR) is 74.0 cm³/mol. The van der Waals surface area contributed by atoms with Crippen molar-refractivity contribution in [2.75, 3.05) is 14.2 Å². The molecule has 0 aliphatic heterocycles. The minimum Gasteiger partial charge on any atom is -0.497 e. The van der Waals surface area contributed by atoms with Crippen molar-refractivity contribution in [3.8, 4) is 11.5 Å². The van der Waals surface area contributed by atoms with Crippen LogP contribution >= 0.6 is 0 Å². The van der Waals surface area contributed by atoms with Gasteiger partial charge in [-0.1, -0.05) is 6.92 Å². The highest BCUT2D eigenvalue weighted by atomic mass is 16.5. The van der Waals surface area contributed by atoms with Gasteiger partial charge in [-0.25, -0.2) is 0 Å². The largest absolute Gasteiger partial charge is 0.497 e. The molecule has 0 saturated heterocycles. The van der Waals surface area contributed by atoms with Crippen LogP contribution in [0.5, 0.6) is 11.5 Å². The van der Waals surface area contributed by atoms with Crippen molar-refractivity contribution in [3.63, 3.8) is 0 Å². The molecular formula is C15H22O4. The first-order valence-electron chi connectivity index (χ1n) is 6.32. The molecule has 0 aliphatic rings. The predicted octanol–water partition coefficient (Wildman–Crippen LogP) is 2.92. The van der Waals surface area contributed by atoms with Crippen molar-refractivity contribution in [3.05, 3.63) is 23.3 Å². The Morgan fingerprint density at radius 2 is 1.89 bits per heavy atom. The van der Waals surface area contributed by atoms with E-state index in [0.717, 1.165) is 23.3 Å². The summed E-state index contributed by atoms with van der Waals surface area (Å²) in [5, 5.41) is 9.26. The van der Waals surface area contributed by atoms with Gasteiger partial charge in [0.25, 0.3) is 0 Å². The average Bonchev–Trinajstić information content (AvgIpc) is 2.36. The van der Waals surface area contributed by atoms with Gasteiger partial charge in [0.1, 0.15) is 11.5 Å². The van der Waals surface area contributed by atoms with Gasteiger partial charge in [-0.05, 0) is 43.9 Å². The number of ether oxygens (including phenoxy) is 2. The normalized spacial score (nSPS) is 11.2. The molecular weight excluding hydrogens is 244 g/mol. The van der Waals surface area contributed by atoms with Crippen molar-refractivity contribution in [1.82, 2.24) is 0 Å². The molecule has 0 spiro atoms. The van der Waals surface area contributed by atoms with Gasteiger partial charge in [-0.15, -0.1) is 0 Å². The Bertz CT molecular complexity index is 463. The first-order valence-corrected chi connectivity index (χ1v) is 6.32. The highest BCUT2D eigenvalue weighted by Gasteiger charge is 2.29. The Balaban J connectivity index is 3.28. The third kappa shape index (κ3) is 3.40. The van der Waals surface area contributed by atoms with Crippen LogP contribution in [0, 0.1) is 5.41 Å². The number of carboxylic acid groups (broad SMARTS) is 1. The van der Waals surface area contributed by atoms with Crippen LogP contribution in [0.4, 0.5) is 0 Å². The van der Waals surface area contributed by atoms with Crippen LogP contribution < -0.4 is 9.47 Å². The van der Waals surface area contributed by atoms with E-state index in [1.807, 2.05) is 19.1 Å². The van der Waals surface area contributed by atoms with E-state index < -0.39 is 11.4 Å². The van der Waals surface area contributed by atoms with Gasteiger partial charge >= 0.3 is 5.97 Å². The summed E-state index contributed by atoms with van der Waals surface area (Å²) in [6, 6.07) is 3.72. The molecule has 0 aromatic heterocycles. The third-order valence-electron chi connectivity index (χ3n) is 3.30. The molecule has 0 heterocycles. The lowest BCUT2D eigenvalue weighted by molar-refractivity contribution is -0.146. The molecule has 4 heteroatoms. The molecule has 106 valence electrons. The lowest BCUT2D eigenvalue weighted by atomic mass is 9.83. The van der Waals surface area contributed by atoms with Gasteiger partial charge in [0, 0.05) is 6.07 Å². The summed E-state index contributed by atoms with van der Waals surface area (Å²) in [4.78, 5) is 11.3. The fraction of sp³-hybridized carbons (Fsp3) is 0.533. The van der Waals surface area contributed by atoms with Crippen molar-refractivity contribution in [2.45, 2.75) is 33.6 Å². The molecule has 0 fully saturated rings. The topological polar surface area (TPSA) is 55.8 Å². The molecule has 0 unspecified atom stereocenters. The quantitative estimate of drug-likeness (QED) is 0.860. The summed E-state index contributed by atoms with van der Waals surface area (Å²) >= 11 is 0. The first kappa shape index (κ1) is 15.3. The highest BCUT2D eigenvalue weighted by molar-refractivity contribution is 5.74. The molecule has 1 aromatic rings. The maximum atomic E-state index is 11.3. The average molecular weight is 266 g/mol. The van der Waals surface area contributed by atoms with E-state index in [2.05, 4.69) is 0 Å². The molecule has 0 bridgehead atoms.